The lowest BCUT2D eigenvalue weighted by Crippen LogP contribution is -2.38. The van der Waals surface area contributed by atoms with E-state index in [1.165, 1.54) is 5.37 Å². The second kappa shape index (κ2) is 9.28. The van der Waals surface area contributed by atoms with Gasteiger partial charge >= 0.3 is 5.97 Å². The molecule has 0 aliphatic heterocycles. The summed E-state index contributed by atoms with van der Waals surface area (Å²) in [4.78, 5) is 24.3. The molecular formula is C14H16N2O3S2. The fourth-order valence-electron chi connectivity index (χ4n) is 1.72. The number of hydrogen-bond donors (Lipinski definition) is 2. The summed E-state index contributed by atoms with van der Waals surface area (Å²) >= 11 is 9.49. The number of carboxylic acid groups (broad SMARTS) is 1. The summed E-state index contributed by atoms with van der Waals surface area (Å²) in [5, 5.41) is 14.5. The molecule has 1 rings (SSSR count). The van der Waals surface area contributed by atoms with Crippen LogP contribution in [0.1, 0.15) is 15.9 Å². The summed E-state index contributed by atoms with van der Waals surface area (Å²) in [7, 11) is 0. The van der Waals surface area contributed by atoms with E-state index in [0.29, 0.717) is 19.6 Å². The predicted octanol–water partition coefficient (Wildman–Crippen LogP) is 1.30. The van der Waals surface area contributed by atoms with E-state index in [2.05, 4.69) is 17.5 Å². The molecule has 7 heteroatoms. The lowest BCUT2D eigenvalue weighted by Gasteiger charge is -2.19. The first-order valence-corrected chi connectivity index (χ1v) is 7.19. The van der Waals surface area contributed by atoms with Crippen LogP contribution in [0, 0.1) is 0 Å². The number of aromatic carboxylic acids is 1. The van der Waals surface area contributed by atoms with E-state index in [0.717, 1.165) is 5.56 Å². The molecule has 1 aromatic rings. The van der Waals surface area contributed by atoms with Crippen molar-refractivity contribution in [1.29, 1.82) is 0 Å². The van der Waals surface area contributed by atoms with Gasteiger partial charge in [-0.1, -0.05) is 36.6 Å². The number of nitrogens with one attached hydrogen (secondary N) is 1. The second-order valence-corrected chi connectivity index (χ2v) is 4.98. The van der Waals surface area contributed by atoms with Gasteiger partial charge in [0.2, 0.25) is 5.91 Å². The minimum absolute atomic E-state index is 0.130. The first-order valence-electron chi connectivity index (χ1n) is 6.25. The molecule has 0 unspecified atom stereocenters. The Morgan fingerprint density at radius 3 is 2.38 bits per heavy atom. The molecule has 5 nitrogen and oxygen atoms in total. The van der Waals surface area contributed by atoms with Crippen LogP contribution in [-0.4, -0.2) is 52.3 Å². The van der Waals surface area contributed by atoms with E-state index in [4.69, 9.17) is 17.3 Å². The van der Waals surface area contributed by atoms with Gasteiger partial charge in [0.15, 0.2) is 0 Å². The molecule has 0 heterocycles. The molecule has 21 heavy (non-hydrogen) atoms. The highest BCUT2D eigenvalue weighted by molar-refractivity contribution is 7.79. The SMILES string of the molecule is O=C(CN(CC=S)Cc1ccc(C(=O)O)cc1)NCC=S. The van der Waals surface area contributed by atoms with Gasteiger partial charge in [0, 0.05) is 19.6 Å². The standard InChI is InChI=1S/C14H16N2O3S2/c17-13(15-5-7-20)10-16(6-8-21)9-11-1-3-12(4-2-11)14(18)19/h1-4,7-8H,5-6,9-10H2,(H,15,17)(H,18,19). The second-order valence-electron chi connectivity index (χ2n) is 4.31. The van der Waals surface area contributed by atoms with Gasteiger partial charge in [-0.2, -0.15) is 0 Å². The maximum absolute atomic E-state index is 11.7. The van der Waals surface area contributed by atoms with E-state index in [1.54, 1.807) is 29.6 Å². The minimum atomic E-state index is -0.961. The lowest BCUT2D eigenvalue weighted by molar-refractivity contribution is -0.121. The Kier molecular flexibility index (Phi) is 7.66. The van der Waals surface area contributed by atoms with Crippen LogP contribution < -0.4 is 5.32 Å². The van der Waals surface area contributed by atoms with Gasteiger partial charge in [0.05, 0.1) is 12.1 Å². The van der Waals surface area contributed by atoms with E-state index in [-0.39, 0.29) is 18.0 Å². The maximum Gasteiger partial charge on any atom is 0.335 e. The molecule has 0 fully saturated rings. The molecule has 2 N–H and O–H groups in total. The van der Waals surface area contributed by atoms with Crippen molar-refractivity contribution in [3.8, 4) is 0 Å². The first kappa shape index (κ1) is 17.4. The molecule has 1 amide bonds. The normalized spacial score (nSPS) is 10.1. The Labute approximate surface area is 133 Å². The Bertz CT molecular complexity index is 517. The average Bonchev–Trinajstić information content (AvgIpc) is 2.46. The van der Waals surface area contributed by atoms with Crippen LogP contribution >= 0.6 is 24.4 Å². The zero-order valence-electron chi connectivity index (χ0n) is 11.3. The largest absolute Gasteiger partial charge is 0.478 e. The van der Waals surface area contributed by atoms with E-state index in [1.807, 2.05) is 4.90 Å². The zero-order valence-corrected chi connectivity index (χ0v) is 13.0. The number of rotatable bonds is 9. The van der Waals surface area contributed by atoms with Gasteiger partial charge in [-0.25, -0.2) is 4.79 Å². The smallest absolute Gasteiger partial charge is 0.335 e. The molecule has 0 saturated carbocycles. The van der Waals surface area contributed by atoms with Crippen LogP contribution in [0.2, 0.25) is 0 Å². The van der Waals surface area contributed by atoms with E-state index >= 15 is 0 Å². The van der Waals surface area contributed by atoms with Crippen LogP contribution in [0.15, 0.2) is 24.3 Å². The molecule has 0 aliphatic rings. The number of benzene rings is 1. The molecule has 0 atom stereocenters. The number of carbonyl (C=O) groups excluding carboxylic acids is 1. The fraction of sp³-hybridized carbons (Fsp3) is 0.286. The third-order valence-corrected chi connectivity index (χ3v) is 3.01. The zero-order chi connectivity index (χ0) is 15.7. The molecule has 0 aromatic heterocycles. The number of carbonyl (C=O) groups is 2. The first-order chi connectivity index (χ1) is 10.1. The summed E-state index contributed by atoms with van der Waals surface area (Å²) in [5.74, 6) is -1.09. The minimum Gasteiger partial charge on any atom is -0.478 e. The van der Waals surface area contributed by atoms with Crippen molar-refractivity contribution in [3.63, 3.8) is 0 Å². The number of amides is 1. The Balaban J connectivity index is 2.64. The van der Waals surface area contributed by atoms with Crippen molar-refractivity contribution in [2.45, 2.75) is 6.54 Å². The van der Waals surface area contributed by atoms with Crippen LogP contribution in [-0.2, 0) is 11.3 Å². The van der Waals surface area contributed by atoms with E-state index in [9.17, 15) is 9.59 Å². The Morgan fingerprint density at radius 2 is 1.86 bits per heavy atom. The Morgan fingerprint density at radius 1 is 1.19 bits per heavy atom. The number of carboxylic acids is 1. The van der Waals surface area contributed by atoms with Crippen molar-refractivity contribution in [3.05, 3.63) is 35.4 Å². The van der Waals surface area contributed by atoms with Crippen molar-refractivity contribution < 1.29 is 14.7 Å². The quantitative estimate of drug-likeness (QED) is 0.667. The van der Waals surface area contributed by atoms with Crippen molar-refractivity contribution in [1.82, 2.24) is 10.2 Å². The Hall–Kier alpha value is -1.70. The highest BCUT2D eigenvalue weighted by atomic mass is 32.1. The van der Waals surface area contributed by atoms with Gasteiger partial charge in [-0.3, -0.25) is 9.69 Å². The maximum atomic E-state index is 11.7. The fourth-order valence-corrected chi connectivity index (χ4v) is 2.01. The molecular weight excluding hydrogens is 308 g/mol. The van der Waals surface area contributed by atoms with Crippen molar-refractivity contribution in [2.24, 2.45) is 0 Å². The summed E-state index contributed by atoms with van der Waals surface area (Å²) in [6, 6.07) is 6.54. The predicted molar refractivity (Wildman–Crippen MR) is 89.0 cm³/mol. The molecule has 0 aliphatic carbocycles. The van der Waals surface area contributed by atoms with Gasteiger partial charge in [-0.15, -0.1) is 0 Å². The van der Waals surface area contributed by atoms with Crippen LogP contribution in [0.5, 0.6) is 0 Å². The third-order valence-electron chi connectivity index (χ3n) is 2.69. The highest BCUT2D eigenvalue weighted by Gasteiger charge is 2.10. The van der Waals surface area contributed by atoms with Crippen LogP contribution in [0.3, 0.4) is 0 Å². The molecule has 0 spiro atoms. The van der Waals surface area contributed by atoms with Gasteiger partial charge < -0.3 is 10.4 Å². The summed E-state index contributed by atoms with van der Waals surface area (Å²) in [5.41, 5.74) is 1.15. The monoisotopic (exact) mass is 324 g/mol. The van der Waals surface area contributed by atoms with Crippen LogP contribution in [0.4, 0.5) is 0 Å². The lowest BCUT2D eigenvalue weighted by atomic mass is 10.1. The van der Waals surface area contributed by atoms with Crippen LogP contribution in [0.25, 0.3) is 0 Å². The summed E-state index contributed by atoms with van der Waals surface area (Å²) < 4.78 is 0. The summed E-state index contributed by atoms with van der Waals surface area (Å²) in [6.07, 6.45) is 0. The highest BCUT2D eigenvalue weighted by Crippen LogP contribution is 2.07. The molecule has 0 bridgehead atoms. The van der Waals surface area contributed by atoms with Gasteiger partial charge in [0.25, 0.3) is 0 Å². The van der Waals surface area contributed by atoms with Crippen molar-refractivity contribution >= 4 is 47.0 Å². The van der Waals surface area contributed by atoms with E-state index < -0.39 is 5.97 Å². The molecule has 0 saturated heterocycles. The number of hydrogen-bond acceptors (Lipinski definition) is 5. The number of nitrogens with zero attached hydrogens (tertiary/aromatic N) is 1. The van der Waals surface area contributed by atoms with Gasteiger partial charge in [0.1, 0.15) is 0 Å². The summed E-state index contributed by atoms with van der Waals surface area (Å²) in [6.45, 7) is 1.56. The van der Waals surface area contributed by atoms with Gasteiger partial charge in [-0.05, 0) is 28.4 Å². The van der Waals surface area contributed by atoms with Crippen molar-refractivity contribution in [2.75, 3.05) is 19.6 Å². The molecule has 112 valence electrons. The molecule has 1 aromatic carbocycles. The average molecular weight is 324 g/mol. The third kappa shape index (κ3) is 6.52. The topological polar surface area (TPSA) is 69.6 Å². The number of thiocarbonyl (C=S) groups is 2. The molecule has 0 radical (unpaired) electrons.